The summed E-state index contributed by atoms with van der Waals surface area (Å²) in [6, 6.07) is 8.05. The van der Waals surface area contributed by atoms with Crippen molar-refractivity contribution in [2.75, 3.05) is 43.5 Å². The SMILES string of the molecule is ClCC=CCN1CCN(c2ccccc2Cl)CC1. The van der Waals surface area contributed by atoms with Crippen LogP contribution in [0, 0.1) is 0 Å². The van der Waals surface area contributed by atoms with Gasteiger partial charge in [0.05, 0.1) is 10.7 Å². The summed E-state index contributed by atoms with van der Waals surface area (Å²) in [7, 11) is 0. The molecule has 0 saturated carbocycles. The summed E-state index contributed by atoms with van der Waals surface area (Å²) in [6.07, 6.45) is 4.14. The molecule has 0 unspecified atom stereocenters. The summed E-state index contributed by atoms with van der Waals surface area (Å²) < 4.78 is 0. The molecule has 0 amide bonds. The van der Waals surface area contributed by atoms with Crippen LogP contribution in [0.2, 0.25) is 5.02 Å². The molecule has 1 saturated heterocycles. The molecule has 1 aromatic rings. The lowest BCUT2D eigenvalue weighted by molar-refractivity contribution is 0.284. The highest BCUT2D eigenvalue weighted by Crippen LogP contribution is 2.25. The van der Waals surface area contributed by atoms with Gasteiger partial charge in [-0.25, -0.2) is 0 Å². The number of piperazine rings is 1. The summed E-state index contributed by atoms with van der Waals surface area (Å²) in [4.78, 5) is 4.78. The fraction of sp³-hybridized carbons (Fsp3) is 0.429. The van der Waals surface area contributed by atoms with Gasteiger partial charge in [0.2, 0.25) is 0 Å². The maximum atomic E-state index is 6.22. The molecule has 2 rings (SSSR count). The molecule has 0 aliphatic carbocycles. The largest absolute Gasteiger partial charge is 0.368 e. The Morgan fingerprint density at radius 3 is 2.44 bits per heavy atom. The summed E-state index contributed by atoms with van der Waals surface area (Å²) in [5.41, 5.74) is 1.15. The zero-order valence-corrected chi connectivity index (χ0v) is 11.9. The molecule has 98 valence electrons. The Hall–Kier alpha value is -0.700. The highest BCUT2D eigenvalue weighted by atomic mass is 35.5. The minimum atomic E-state index is 0.597. The van der Waals surface area contributed by atoms with Crippen molar-refractivity contribution in [1.29, 1.82) is 0 Å². The molecule has 0 bridgehead atoms. The van der Waals surface area contributed by atoms with Crippen LogP contribution in [-0.2, 0) is 0 Å². The predicted molar refractivity (Wildman–Crippen MR) is 80.0 cm³/mol. The molecular formula is C14H18Cl2N2. The molecule has 1 heterocycles. The topological polar surface area (TPSA) is 6.48 Å². The first-order valence-electron chi connectivity index (χ1n) is 6.24. The lowest BCUT2D eigenvalue weighted by Crippen LogP contribution is -2.46. The molecule has 4 heteroatoms. The fourth-order valence-corrected chi connectivity index (χ4v) is 2.55. The van der Waals surface area contributed by atoms with Crippen molar-refractivity contribution in [3.05, 3.63) is 41.4 Å². The van der Waals surface area contributed by atoms with Crippen molar-refractivity contribution >= 4 is 28.9 Å². The number of rotatable bonds is 4. The Bertz CT molecular complexity index is 399. The van der Waals surface area contributed by atoms with Crippen LogP contribution in [0.1, 0.15) is 0 Å². The van der Waals surface area contributed by atoms with Crippen LogP contribution < -0.4 is 4.90 Å². The van der Waals surface area contributed by atoms with Gasteiger partial charge in [0.25, 0.3) is 0 Å². The molecule has 0 spiro atoms. The molecule has 0 radical (unpaired) electrons. The zero-order chi connectivity index (χ0) is 12.8. The number of anilines is 1. The van der Waals surface area contributed by atoms with E-state index >= 15 is 0 Å². The van der Waals surface area contributed by atoms with Gasteiger partial charge in [0.15, 0.2) is 0 Å². The Kier molecular flexibility index (Phi) is 5.36. The monoisotopic (exact) mass is 284 g/mol. The highest BCUT2D eigenvalue weighted by Gasteiger charge is 2.17. The van der Waals surface area contributed by atoms with Gasteiger partial charge in [-0.2, -0.15) is 0 Å². The van der Waals surface area contributed by atoms with E-state index in [-0.39, 0.29) is 0 Å². The van der Waals surface area contributed by atoms with E-state index in [9.17, 15) is 0 Å². The summed E-state index contributed by atoms with van der Waals surface area (Å²) in [5.74, 6) is 0.597. The standard InChI is InChI=1S/C14H18Cl2N2/c15-7-3-4-8-17-9-11-18(12-10-17)14-6-2-1-5-13(14)16/h1-6H,7-12H2. The molecule has 0 N–H and O–H groups in total. The van der Waals surface area contributed by atoms with Crippen molar-refractivity contribution in [3.63, 3.8) is 0 Å². The third-order valence-electron chi connectivity index (χ3n) is 3.18. The number of nitrogens with zero attached hydrogens (tertiary/aromatic N) is 2. The van der Waals surface area contributed by atoms with Crippen LogP contribution in [0.4, 0.5) is 5.69 Å². The van der Waals surface area contributed by atoms with Gasteiger partial charge < -0.3 is 4.90 Å². The van der Waals surface area contributed by atoms with E-state index in [0.29, 0.717) is 5.88 Å². The van der Waals surface area contributed by atoms with E-state index < -0.39 is 0 Å². The van der Waals surface area contributed by atoms with Gasteiger partial charge in [0, 0.05) is 38.6 Å². The van der Waals surface area contributed by atoms with Crippen molar-refractivity contribution in [1.82, 2.24) is 4.90 Å². The second-order valence-electron chi connectivity index (χ2n) is 4.36. The number of alkyl halides is 1. The normalized spacial score (nSPS) is 17.6. The van der Waals surface area contributed by atoms with Gasteiger partial charge in [0.1, 0.15) is 0 Å². The quantitative estimate of drug-likeness (QED) is 0.619. The number of hydrogen-bond acceptors (Lipinski definition) is 2. The van der Waals surface area contributed by atoms with Gasteiger partial charge in [-0.1, -0.05) is 35.9 Å². The third kappa shape index (κ3) is 3.64. The summed E-state index contributed by atoms with van der Waals surface area (Å²) in [6.45, 7) is 5.18. The second kappa shape index (κ2) is 7.03. The van der Waals surface area contributed by atoms with Gasteiger partial charge in [-0.3, -0.25) is 4.90 Å². The number of halogens is 2. The van der Waals surface area contributed by atoms with Crippen LogP contribution in [-0.4, -0.2) is 43.5 Å². The van der Waals surface area contributed by atoms with E-state index in [1.165, 1.54) is 0 Å². The number of benzene rings is 1. The van der Waals surface area contributed by atoms with Gasteiger partial charge in [-0.05, 0) is 12.1 Å². The summed E-state index contributed by atoms with van der Waals surface area (Å²) in [5, 5.41) is 0.841. The molecule has 18 heavy (non-hydrogen) atoms. The Morgan fingerprint density at radius 2 is 1.78 bits per heavy atom. The Morgan fingerprint density at radius 1 is 1.06 bits per heavy atom. The minimum Gasteiger partial charge on any atom is -0.368 e. The first-order valence-corrected chi connectivity index (χ1v) is 7.15. The molecule has 2 nitrogen and oxygen atoms in total. The molecular weight excluding hydrogens is 267 g/mol. The van der Waals surface area contributed by atoms with Gasteiger partial charge >= 0.3 is 0 Å². The molecule has 0 atom stereocenters. The van der Waals surface area contributed by atoms with Crippen LogP contribution in [0.5, 0.6) is 0 Å². The van der Waals surface area contributed by atoms with Crippen molar-refractivity contribution in [2.24, 2.45) is 0 Å². The minimum absolute atomic E-state index is 0.597. The second-order valence-corrected chi connectivity index (χ2v) is 5.08. The van der Waals surface area contributed by atoms with Crippen molar-refractivity contribution in [2.45, 2.75) is 0 Å². The van der Waals surface area contributed by atoms with E-state index in [2.05, 4.69) is 21.9 Å². The maximum absolute atomic E-state index is 6.22. The van der Waals surface area contributed by atoms with Crippen LogP contribution in [0.25, 0.3) is 0 Å². The molecule has 1 fully saturated rings. The molecule has 1 aliphatic rings. The number of allylic oxidation sites excluding steroid dienone is 1. The summed E-state index contributed by atoms with van der Waals surface area (Å²) >= 11 is 11.8. The Balaban J connectivity index is 1.87. The highest BCUT2D eigenvalue weighted by molar-refractivity contribution is 6.33. The first kappa shape index (κ1) is 13.7. The van der Waals surface area contributed by atoms with Crippen molar-refractivity contribution < 1.29 is 0 Å². The lowest BCUT2D eigenvalue weighted by Gasteiger charge is -2.36. The number of hydrogen-bond donors (Lipinski definition) is 0. The average Bonchev–Trinajstić information content (AvgIpc) is 2.41. The van der Waals surface area contributed by atoms with Crippen LogP contribution in [0.3, 0.4) is 0 Å². The van der Waals surface area contributed by atoms with Gasteiger partial charge in [-0.15, -0.1) is 11.6 Å². The van der Waals surface area contributed by atoms with Crippen LogP contribution in [0.15, 0.2) is 36.4 Å². The van der Waals surface area contributed by atoms with Crippen LogP contribution >= 0.6 is 23.2 Å². The average molecular weight is 285 g/mol. The Labute approximate surface area is 119 Å². The van der Waals surface area contributed by atoms with E-state index in [4.69, 9.17) is 23.2 Å². The smallest absolute Gasteiger partial charge is 0.0639 e. The van der Waals surface area contributed by atoms with E-state index in [1.54, 1.807) is 0 Å². The van der Waals surface area contributed by atoms with E-state index in [1.807, 2.05) is 24.3 Å². The molecule has 1 aromatic carbocycles. The predicted octanol–water partition coefficient (Wildman–Crippen LogP) is 3.26. The number of para-hydroxylation sites is 1. The first-order chi connectivity index (χ1) is 8.81. The maximum Gasteiger partial charge on any atom is 0.0639 e. The molecule has 1 aliphatic heterocycles. The molecule has 0 aromatic heterocycles. The fourth-order valence-electron chi connectivity index (χ4n) is 2.17. The zero-order valence-electron chi connectivity index (χ0n) is 10.4. The third-order valence-corrected chi connectivity index (χ3v) is 3.68. The lowest BCUT2D eigenvalue weighted by atomic mass is 10.2. The van der Waals surface area contributed by atoms with Crippen molar-refractivity contribution in [3.8, 4) is 0 Å². The van der Waals surface area contributed by atoms with E-state index in [0.717, 1.165) is 43.4 Å².